The van der Waals surface area contributed by atoms with Crippen molar-refractivity contribution in [3.8, 4) is 0 Å². The number of aliphatic hydroxyl groups is 4. The number of hydrogen-bond donors (Lipinski definition) is 4. The summed E-state index contributed by atoms with van der Waals surface area (Å²) >= 11 is 0. The molecule has 0 aromatic heterocycles. The summed E-state index contributed by atoms with van der Waals surface area (Å²) in [7, 11) is 1.18. The number of rotatable bonds is 6. The smallest absolute Gasteiger partial charge is 0.151 e. The number of aliphatic hydroxyl groups excluding tert-OH is 4. The molecule has 0 saturated carbocycles. The molecular weight excluding hydrogens is 180 g/mol. The average Bonchev–Trinajstić information content (AvgIpc) is 2.17. The van der Waals surface area contributed by atoms with Crippen LogP contribution in [0.15, 0.2) is 0 Å². The van der Waals surface area contributed by atoms with Crippen LogP contribution in [0.4, 0.5) is 0 Å². The second-order valence-corrected chi connectivity index (χ2v) is 2.57. The molecule has 4 N–H and O–H groups in total. The second kappa shape index (κ2) is 6.01. The highest BCUT2D eigenvalue weighted by atomic mass is 16.5. The predicted molar refractivity (Wildman–Crippen MR) is 42.0 cm³/mol. The molecule has 0 saturated heterocycles. The average molecular weight is 194 g/mol. The summed E-state index contributed by atoms with van der Waals surface area (Å²) in [6.07, 6.45) is -5.59. The van der Waals surface area contributed by atoms with E-state index in [4.69, 9.17) is 15.3 Å². The molecule has 13 heavy (non-hydrogen) atoms. The zero-order valence-corrected chi connectivity index (χ0v) is 7.20. The molecular formula is C7H14O6. The Kier molecular flexibility index (Phi) is 5.76. The third kappa shape index (κ3) is 3.37. The lowest BCUT2D eigenvalue weighted by Crippen LogP contribution is -2.47. The Labute approximate surface area is 75.4 Å². The van der Waals surface area contributed by atoms with E-state index in [1.807, 2.05) is 0 Å². The predicted octanol–water partition coefficient (Wildman–Crippen LogP) is -2.72. The Bertz CT molecular complexity index is 150. The van der Waals surface area contributed by atoms with Gasteiger partial charge in [-0.15, -0.1) is 0 Å². The van der Waals surface area contributed by atoms with Gasteiger partial charge in [-0.2, -0.15) is 0 Å². The minimum atomic E-state index is -1.63. The van der Waals surface area contributed by atoms with Gasteiger partial charge in [-0.3, -0.25) is 0 Å². The zero-order valence-electron chi connectivity index (χ0n) is 7.20. The van der Waals surface area contributed by atoms with Crippen LogP contribution in [0.2, 0.25) is 0 Å². The standard InChI is InChI=1S/C7H14O6/c1-13-7(5(11)3-9)6(12)4(10)2-8/h2,4-7,9-12H,3H2,1H3/t4-,5+,6+,7-/m0/s1. The van der Waals surface area contributed by atoms with Crippen molar-refractivity contribution in [2.45, 2.75) is 24.4 Å². The van der Waals surface area contributed by atoms with Gasteiger partial charge >= 0.3 is 0 Å². The maximum Gasteiger partial charge on any atom is 0.151 e. The molecule has 0 fully saturated rings. The summed E-state index contributed by atoms with van der Waals surface area (Å²) in [5.41, 5.74) is 0. The molecule has 4 atom stereocenters. The van der Waals surface area contributed by atoms with Crippen molar-refractivity contribution in [3.63, 3.8) is 0 Å². The third-order valence-corrected chi connectivity index (χ3v) is 1.66. The number of carbonyl (C=O) groups is 1. The number of ether oxygens (including phenoxy) is 1. The normalized spacial score (nSPS) is 20.4. The largest absolute Gasteiger partial charge is 0.394 e. The molecule has 6 heteroatoms. The minimum Gasteiger partial charge on any atom is -0.394 e. The van der Waals surface area contributed by atoms with Crippen LogP contribution in [0.5, 0.6) is 0 Å². The van der Waals surface area contributed by atoms with Crippen molar-refractivity contribution in [2.75, 3.05) is 13.7 Å². The number of carbonyl (C=O) groups excluding carboxylic acids is 1. The van der Waals surface area contributed by atoms with E-state index in [9.17, 15) is 9.90 Å². The van der Waals surface area contributed by atoms with Crippen molar-refractivity contribution in [2.24, 2.45) is 0 Å². The molecule has 0 rings (SSSR count). The highest BCUT2D eigenvalue weighted by molar-refractivity contribution is 5.56. The fourth-order valence-electron chi connectivity index (χ4n) is 0.903. The van der Waals surface area contributed by atoms with E-state index in [-0.39, 0.29) is 6.29 Å². The van der Waals surface area contributed by atoms with E-state index < -0.39 is 31.0 Å². The lowest BCUT2D eigenvalue weighted by Gasteiger charge is -2.26. The second-order valence-electron chi connectivity index (χ2n) is 2.57. The highest BCUT2D eigenvalue weighted by Crippen LogP contribution is 2.07. The Morgan fingerprint density at radius 1 is 1.38 bits per heavy atom. The van der Waals surface area contributed by atoms with Crippen molar-refractivity contribution in [1.29, 1.82) is 0 Å². The molecule has 6 nitrogen and oxygen atoms in total. The van der Waals surface area contributed by atoms with E-state index >= 15 is 0 Å². The molecule has 0 radical (unpaired) electrons. The number of methoxy groups -OCH3 is 1. The molecule has 0 aliphatic rings. The summed E-state index contributed by atoms with van der Waals surface area (Å²) in [6, 6.07) is 0. The van der Waals surface area contributed by atoms with Gasteiger partial charge in [-0.25, -0.2) is 0 Å². The van der Waals surface area contributed by atoms with Crippen LogP contribution < -0.4 is 0 Å². The van der Waals surface area contributed by atoms with Crippen molar-refractivity contribution >= 4 is 6.29 Å². The van der Waals surface area contributed by atoms with Gasteiger partial charge in [0.1, 0.15) is 24.4 Å². The summed E-state index contributed by atoms with van der Waals surface area (Å²) in [4.78, 5) is 10.1. The summed E-state index contributed by atoms with van der Waals surface area (Å²) in [5, 5.41) is 35.7. The Morgan fingerprint density at radius 3 is 2.23 bits per heavy atom. The quantitative estimate of drug-likeness (QED) is 0.342. The van der Waals surface area contributed by atoms with Crippen LogP contribution in [-0.2, 0) is 9.53 Å². The maximum absolute atomic E-state index is 10.1. The number of hydrogen-bond acceptors (Lipinski definition) is 6. The first-order valence-electron chi connectivity index (χ1n) is 3.71. The first-order valence-corrected chi connectivity index (χ1v) is 3.71. The molecule has 0 aliphatic heterocycles. The van der Waals surface area contributed by atoms with Gasteiger partial charge in [-0.05, 0) is 0 Å². The summed E-state index contributed by atoms with van der Waals surface area (Å²) in [5.74, 6) is 0. The molecule has 0 aromatic rings. The van der Waals surface area contributed by atoms with Gasteiger partial charge in [-0.1, -0.05) is 0 Å². The summed E-state index contributed by atoms with van der Waals surface area (Å²) in [6.45, 7) is -0.624. The van der Waals surface area contributed by atoms with Crippen LogP contribution >= 0.6 is 0 Å². The number of aldehydes is 1. The van der Waals surface area contributed by atoms with Gasteiger partial charge < -0.3 is 30.0 Å². The Morgan fingerprint density at radius 2 is 1.92 bits per heavy atom. The maximum atomic E-state index is 10.1. The first kappa shape index (κ1) is 12.5. The SMILES string of the molecule is CO[C@H]([C@H](O)[C@@H](O)C=O)[C@H](O)CO. The third-order valence-electron chi connectivity index (χ3n) is 1.66. The van der Waals surface area contributed by atoms with Gasteiger partial charge in [0, 0.05) is 7.11 Å². The monoisotopic (exact) mass is 194 g/mol. The molecule has 0 heterocycles. The van der Waals surface area contributed by atoms with E-state index in [1.165, 1.54) is 7.11 Å². The molecule has 0 amide bonds. The fourth-order valence-corrected chi connectivity index (χ4v) is 0.903. The molecule has 78 valence electrons. The molecule has 0 bridgehead atoms. The van der Waals surface area contributed by atoms with E-state index in [0.717, 1.165) is 0 Å². The van der Waals surface area contributed by atoms with Gasteiger partial charge in [0.05, 0.1) is 6.61 Å². The molecule has 0 unspecified atom stereocenters. The van der Waals surface area contributed by atoms with Crippen LogP contribution in [0.25, 0.3) is 0 Å². The zero-order chi connectivity index (χ0) is 10.4. The van der Waals surface area contributed by atoms with Crippen LogP contribution in [0.3, 0.4) is 0 Å². The molecule has 0 aromatic carbocycles. The van der Waals surface area contributed by atoms with Crippen LogP contribution in [-0.4, -0.2) is 64.8 Å². The highest BCUT2D eigenvalue weighted by Gasteiger charge is 2.31. The summed E-state index contributed by atoms with van der Waals surface area (Å²) < 4.78 is 4.61. The first-order chi connectivity index (χ1) is 6.08. The van der Waals surface area contributed by atoms with Gasteiger partial charge in [0.15, 0.2) is 6.29 Å². The van der Waals surface area contributed by atoms with Gasteiger partial charge in [0.25, 0.3) is 0 Å². The lowest BCUT2D eigenvalue weighted by molar-refractivity contribution is -0.142. The Balaban J connectivity index is 4.29. The topological polar surface area (TPSA) is 107 Å². The van der Waals surface area contributed by atoms with Crippen molar-refractivity contribution in [1.82, 2.24) is 0 Å². The van der Waals surface area contributed by atoms with Gasteiger partial charge in [0.2, 0.25) is 0 Å². The lowest BCUT2D eigenvalue weighted by atomic mass is 10.0. The van der Waals surface area contributed by atoms with E-state index in [2.05, 4.69) is 4.74 Å². The molecule has 0 aliphatic carbocycles. The van der Waals surface area contributed by atoms with E-state index in [0.29, 0.717) is 0 Å². The van der Waals surface area contributed by atoms with Crippen molar-refractivity contribution < 1.29 is 30.0 Å². The Hall–Kier alpha value is -0.530. The minimum absolute atomic E-state index is 0.126. The van der Waals surface area contributed by atoms with Crippen LogP contribution in [0, 0.1) is 0 Å². The molecule has 0 spiro atoms. The fraction of sp³-hybridized carbons (Fsp3) is 0.857. The van der Waals surface area contributed by atoms with Crippen LogP contribution in [0.1, 0.15) is 0 Å². The van der Waals surface area contributed by atoms with E-state index in [1.54, 1.807) is 0 Å². The van der Waals surface area contributed by atoms with Crippen molar-refractivity contribution in [3.05, 3.63) is 0 Å².